The number of benzene rings is 1. The number of amides is 2. The number of anilines is 1. The van der Waals surface area contributed by atoms with Crippen molar-refractivity contribution in [3.63, 3.8) is 0 Å². The number of carbonyl (C=O) groups is 1. The second kappa shape index (κ2) is 5.90. The van der Waals surface area contributed by atoms with Crippen molar-refractivity contribution < 1.29 is 10.0 Å². The van der Waals surface area contributed by atoms with Gasteiger partial charge in [-0.15, -0.1) is 0 Å². The predicted molar refractivity (Wildman–Crippen MR) is 71.0 cm³/mol. The summed E-state index contributed by atoms with van der Waals surface area (Å²) in [6.07, 6.45) is 0. The number of urea groups is 1. The fourth-order valence-corrected chi connectivity index (χ4v) is 1.33. The van der Waals surface area contributed by atoms with Gasteiger partial charge < -0.3 is 21.2 Å². The Morgan fingerprint density at radius 3 is 2.78 bits per heavy atom. The highest BCUT2D eigenvalue weighted by atomic mass is 16.4. The molecule has 6 heteroatoms. The molecule has 1 aromatic carbocycles. The lowest BCUT2D eigenvalue weighted by Crippen LogP contribution is -2.31. The third-order valence-electron chi connectivity index (χ3n) is 2.70. The van der Waals surface area contributed by atoms with Gasteiger partial charge in [-0.05, 0) is 25.5 Å². The zero-order valence-corrected chi connectivity index (χ0v) is 10.8. The maximum Gasteiger partial charge on any atom is 0.321 e. The summed E-state index contributed by atoms with van der Waals surface area (Å²) in [7, 11) is 1.71. The van der Waals surface area contributed by atoms with E-state index in [2.05, 4.69) is 10.5 Å². The number of oxime groups is 1. The minimum Gasteiger partial charge on any atom is -0.409 e. The van der Waals surface area contributed by atoms with Crippen LogP contribution in [0.1, 0.15) is 18.1 Å². The van der Waals surface area contributed by atoms with Crippen LogP contribution in [0.25, 0.3) is 0 Å². The van der Waals surface area contributed by atoms with Crippen molar-refractivity contribution >= 4 is 17.6 Å². The van der Waals surface area contributed by atoms with E-state index in [1.807, 2.05) is 13.8 Å². The molecule has 18 heavy (non-hydrogen) atoms. The number of aryl methyl sites for hydroxylation is 1. The van der Waals surface area contributed by atoms with Crippen LogP contribution in [0.15, 0.2) is 23.4 Å². The monoisotopic (exact) mass is 250 g/mol. The third-order valence-corrected chi connectivity index (χ3v) is 2.70. The molecule has 1 rings (SSSR count). The highest BCUT2D eigenvalue weighted by Gasteiger charge is 2.10. The van der Waals surface area contributed by atoms with E-state index in [1.54, 1.807) is 30.1 Å². The lowest BCUT2D eigenvalue weighted by molar-refractivity contribution is 0.224. The molecule has 0 unspecified atom stereocenters. The molecule has 0 fully saturated rings. The second-order valence-corrected chi connectivity index (χ2v) is 3.96. The number of hydrogen-bond donors (Lipinski definition) is 3. The third kappa shape index (κ3) is 3.13. The van der Waals surface area contributed by atoms with Gasteiger partial charge in [-0.2, -0.15) is 0 Å². The summed E-state index contributed by atoms with van der Waals surface area (Å²) in [4.78, 5) is 13.3. The molecule has 0 saturated heterocycles. The van der Waals surface area contributed by atoms with E-state index in [1.165, 1.54) is 0 Å². The van der Waals surface area contributed by atoms with Gasteiger partial charge in [-0.25, -0.2) is 4.79 Å². The molecule has 2 amide bonds. The molecule has 0 saturated carbocycles. The summed E-state index contributed by atoms with van der Waals surface area (Å²) in [5.41, 5.74) is 7.61. The highest BCUT2D eigenvalue weighted by Crippen LogP contribution is 2.17. The van der Waals surface area contributed by atoms with Crippen molar-refractivity contribution in [1.29, 1.82) is 0 Å². The summed E-state index contributed by atoms with van der Waals surface area (Å²) >= 11 is 0. The maximum atomic E-state index is 11.8. The van der Waals surface area contributed by atoms with Crippen molar-refractivity contribution in [3.05, 3.63) is 29.3 Å². The Kier molecular flexibility index (Phi) is 4.53. The molecule has 0 spiro atoms. The number of hydrogen-bond acceptors (Lipinski definition) is 3. The summed E-state index contributed by atoms with van der Waals surface area (Å²) in [5.74, 6) is 0.00865. The lowest BCUT2D eigenvalue weighted by atomic mass is 10.1. The minimum absolute atomic E-state index is 0.00865. The van der Waals surface area contributed by atoms with Crippen LogP contribution >= 0.6 is 0 Å². The van der Waals surface area contributed by atoms with E-state index >= 15 is 0 Å². The smallest absolute Gasteiger partial charge is 0.321 e. The number of rotatable bonds is 3. The Labute approximate surface area is 106 Å². The van der Waals surface area contributed by atoms with E-state index < -0.39 is 0 Å². The van der Waals surface area contributed by atoms with Crippen molar-refractivity contribution in [2.45, 2.75) is 13.8 Å². The van der Waals surface area contributed by atoms with Gasteiger partial charge in [-0.3, -0.25) is 0 Å². The Hall–Kier alpha value is -2.24. The van der Waals surface area contributed by atoms with Crippen molar-refractivity contribution in [2.75, 3.05) is 18.9 Å². The molecule has 4 N–H and O–H groups in total. The highest BCUT2D eigenvalue weighted by molar-refractivity contribution is 5.99. The zero-order valence-electron chi connectivity index (χ0n) is 10.8. The Bertz CT molecular complexity index is 471. The van der Waals surface area contributed by atoms with Crippen LogP contribution in [0.5, 0.6) is 0 Å². The molecular weight excluding hydrogens is 232 g/mol. The fourth-order valence-electron chi connectivity index (χ4n) is 1.33. The van der Waals surface area contributed by atoms with Crippen LogP contribution < -0.4 is 11.1 Å². The molecule has 98 valence electrons. The predicted octanol–water partition coefficient (Wildman–Crippen LogP) is 1.57. The molecule has 0 bridgehead atoms. The lowest BCUT2D eigenvalue weighted by Gasteiger charge is -2.17. The van der Waals surface area contributed by atoms with Gasteiger partial charge >= 0.3 is 6.03 Å². The first-order valence-electron chi connectivity index (χ1n) is 5.60. The number of carbonyl (C=O) groups excluding carboxylic acids is 1. The van der Waals surface area contributed by atoms with Crippen LogP contribution in [0.3, 0.4) is 0 Å². The normalized spacial score (nSPS) is 11.2. The second-order valence-electron chi connectivity index (χ2n) is 3.96. The van der Waals surface area contributed by atoms with E-state index in [0.717, 1.165) is 5.56 Å². The Morgan fingerprint density at radius 1 is 1.56 bits per heavy atom. The Balaban J connectivity index is 2.98. The number of nitrogens with two attached hydrogens (primary N) is 1. The van der Waals surface area contributed by atoms with Crippen molar-refractivity contribution in [1.82, 2.24) is 4.90 Å². The molecule has 0 heterocycles. The fraction of sp³-hybridized carbons (Fsp3) is 0.333. The number of nitrogens with zero attached hydrogens (tertiary/aromatic N) is 2. The van der Waals surface area contributed by atoms with E-state index in [-0.39, 0.29) is 11.9 Å². The SMILES string of the molecule is CCN(C)C(=O)Nc1cc(C(N)=NO)ccc1C. The molecule has 1 aromatic rings. The van der Waals surface area contributed by atoms with E-state index in [0.29, 0.717) is 17.8 Å². The van der Waals surface area contributed by atoms with E-state index in [9.17, 15) is 4.79 Å². The topological polar surface area (TPSA) is 91.0 Å². The van der Waals surface area contributed by atoms with E-state index in [4.69, 9.17) is 10.9 Å². The zero-order chi connectivity index (χ0) is 13.7. The van der Waals surface area contributed by atoms with Gasteiger partial charge in [0.15, 0.2) is 5.84 Å². The summed E-state index contributed by atoms with van der Waals surface area (Å²) < 4.78 is 0. The first-order valence-corrected chi connectivity index (χ1v) is 5.60. The molecule has 0 aliphatic heterocycles. The van der Waals surface area contributed by atoms with Gasteiger partial charge in [-0.1, -0.05) is 17.3 Å². The van der Waals surface area contributed by atoms with Crippen LogP contribution in [-0.4, -0.2) is 35.6 Å². The first-order chi connectivity index (χ1) is 8.49. The van der Waals surface area contributed by atoms with Gasteiger partial charge in [0, 0.05) is 24.8 Å². The summed E-state index contributed by atoms with van der Waals surface area (Å²) in [6, 6.07) is 5.00. The molecule has 0 atom stereocenters. The van der Waals surface area contributed by atoms with Gasteiger partial charge in [0.05, 0.1) is 0 Å². The molecular formula is C12H18N4O2. The molecule has 0 aromatic heterocycles. The Morgan fingerprint density at radius 2 is 2.22 bits per heavy atom. The molecule has 0 radical (unpaired) electrons. The first kappa shape index (κ1) is 13.8. The van der Waals surface area contributed by atoms with Gasteiger partial charge in [0.25, 0.3) is 0 Å². The number of amidine groups is 1. The van der Waals surface area contributed by atoms with Crippen molar-refractivity contribution in [2.24, 2.45) is 10.9 Å². The average molecular weight is 250 g/mol. The molecule has 0 aliphatic rings. The largest absolute Gasteiger partial charge is 0.409 e. The molecule has 0 aliphatic carbocycles. The van der Waals surface area contributed by atoms with Crippen LogP contribution in [-0.2, 0) is 0 Å². The van der Waals surface area contributed by atoms with Gasteiger partial charge in [0.1, 0.15) is 0 Å². The van der Waals surface area contributed by atoms with Crippen LogP contribution in [0, 0.1) is 6.92 Å². The van der Waals surface area contributed by atoms with Crippen LogP contribution in [0.2, 0.25) is 0 Å². The molecule has 6 nitrogen and oxygen atoms in total. The number of nitrogens with one attached hydrogen (secondary N) is 1. The average Bonchev–Trinajstić information content (AvgIpc) is 2.39. The standard InChI is InChI=1S/C12H18N4O2/c1-4-16(3)12(17)14-10-7-9(11(13)15-18)6-5-8(10)2/h5-7,18H,4H2,1-3H3,(H2,13,15)(H,14,17). The van der Waals surface area contributed by atoms with Crippen molar-refractivity contribution in [3.8, 4) is 0 Å². The maximum absolute atomic E-state index is 11.8. The van der Waals surface area contributed by atoms with Crippen LogP contribution in [0.4, 0.5) is 10.5 Å². The summed E-state index contributed by atoms with van der Waals surface area (Å²) in [5, 5.41) is 14.3. The summed E-state index contributed by atoms with van der Waals surface area (Å²) in [6.45, 7) is 4.38. The minimum atomic E-state index is -0.197. The van der Waals surface area contributed by atoms with Gasteiger partial charge in [0.2, 0.25) is 0 Å². The quantitative estimate of drug-likeness (QED) is 0.329.